The molecule has 8 heteroatoms. The predicted molar refractivity (Wildman–Crippen MR) is 114 cm³/mol. The average molecular weight is 395 g/mol. The van der Waals surface area contributed by atoms with Crippen molar-refractivity contribution in [1.29, 1.82) is 0 Å². The standard InChI is InChI=1S/C20H21N5O2S/c1-13-6-5-9-16(14(13)2)22-20(28)24-23-18(26)10-11-25-12-21-17-8-4-3-7-15(17)19(25)27/h3-9,12H,10-11H2,1-2H3,(H,23,26)(H2,22,24,28). The fourth-order valence-corrected chi connectivity index (χ4v) is 2.88. The number of hydrazine groups is 1. The molecule has 0 radical (unpaired) electrons. The molecule has 0 spiro atoms. The van der Waals surface area contributed by atoms with Gasteiger partial charge in [-0.2, -0.15) is 0 Å². The Hall–Kier alpha value is -3.26. The first-order valence-corrected chi connectivity index (χ1v) is 9.23. The molecule has 0 bridgehead atoms. The number of rotatable bonds is 4. The highest BCUT2D eigenvalue weighted by Gasteiger charge is 2.07. The SMILES string of the molecule is Cc1cccc(NC(=S)NNC(=O)CCn2cnc3ccccc3c2=O)c1C. The lowest BCUT2D eigenvalue weighted by Gasteiger charge is -2.14. The van der Waals surface area contributed by atoms with Gasteiger partial charge in [-0.3, -0.25) is 25.0 Å². The van der Waals surface area contributed by atoms with Gasteiger partial charge in [-0.25, -0.2) is 4.98 Å². The van der Waals surface area contributed by atoms with Crippen LogP contribution in [0.5, 0.6) is 0 Å². The van der Waals surface area contributed by atoms with Crippen LogP contribution in [0.2, 0.25) is 0 Å². The molecule has 28 heavy (non-hydrogen) atoms. The number of hydrogen-bond acceptors (Lipinski definition) is 4. The van der Waals surface area contributed by atoms with Crippen molar-refractivity contribution < 1.29 is 4.79 Å². The molecule has 0 saturated heterocycles. The third-order valence-electron chi connectivity index (χ3n) is 4.48. The number of carbonyl (C=O) groups is 1. The molecule has 144 valence electrons. The lowest BCUT2D eigenvalue weighted by molar-refractivity contribution is -0.121. The number of benzene rings is 2. The van der Waals surface area contributed by atoms with E-state index < -0.39 is 0 Å². The zero-order valence-electron chi connectivity index (χ0n) is 15.7. The maximum absolute atomic E-state index is 12.4. The van der Waals surface area contributed by atoms with Gasteiger partial charge in [0.2, 0.25) is 5.91 Å². The molecule has 0 saturated carbocycles. The molecule has 2 aromatic carbocycles. The normalized spacial score (nSPS) is 10.5. The third-order valence-corrected chi connectivity index (χ3v) is 4.68. The minimum Gasteiger partial charge on any atom is -0.331 e. The third kappa shape index (κ3) is 4.52. The number of amides is 1. The lowest BCUT2D eigenvalue weighted by atomic mass is 10.1. The van der Waals surface area contributed by atoms with E-state index in [0.29, 0.717) is 10.9 Å². The molecule has 0 fully saturated rings. The Kier molecular flexibility index (Phi) is 6.00. The van der Waals surface area contributed by atoms with Crippen molar-refractivity contribution in [3.8, 4) is 0 Å². The van der Waals surface area contributed by atoms with Crippen molar-refractivity contribution in [2.24, 2.45) is 0 Å². The Balaban J connectivity index is 1.52. The van der Waals surface area contributed by atoms with Gasteiger partial charge in [-0.1, -0.05) is 24.3 Å². The topological polar surface area (TPSA) is 88.0 Å². The Morgan fingerprint density at radius 3 is 2.71 bits per heavy atom. The van der Waals surface area contributed by atoms with Crippen molar-refractivity contribution in [3.05, 3.63) is 70.3 Å². The summed E-state index contributed by atoms with van der Waals surface area (Å²) in [6.07, 6.45) is 1.57. The molecular weight excluding hydrogens is 374 g/mol. The zero-order valence-corrected chi connectivity index (χ0v) is 16.5. The van der Waals surface area contributed by atoms with Gasteiger partial charge in [-0.05, 0) is 55.4 Å². The summed E-state index contributed by atoms with van der Waals surface area (Å²) in [5.41, 5.74) is 8.78. The maximum atomic E-state index is 12.4. The van der Waals surface area contributed by atoms with Crippen LogP contribution in [0.15, 0.2) is 53.6 Å². The Morgan fingerprint density at radius 2 is 1.89 bits per heavy atom. The summed E-state index contributed by atoms with van der Waals surface area (Å²) in [6, 6.07) is 13.0. The average Bonchev–Trinajstić information content (AvgIpc) is 2.69. The zero-order chi connectivity index (χ0) is 20.1. The molecule has 7 nitrogen and oxygen atoms in total. The number of thiocarbonyl (C=S) groups is 1. The Bertz CT molecular complexity index is 1090. The van der Waals surface area contributed by atoms with E-state index in [4.69, 9.17) is 12.2 Å². The van der Waals surface area contributed by atoms with Crippen LogP contribution in [0.3, 0.4) is 0 Å². The fourth-order valence-electron chi connectivity index (χ4n) is 2.72. The van der Waals surface area contributed by atoms with E-state index in [0.717, 1.165) is 16.8 Å². The summed E-state index contributed by atoms with van der Waals surface area (Å²) < 4.78 is 1.43. The van der Waals surface area contributed by atoms with Gasteiger partial charge in [0.25, 0.3) is 5.56 Å². The number of hydrogen-bond donors (Lipinski definition) is 3. The highest BCUT2D eigenvalue weighted by molar-refractivity contribution is 7.80. The molecule has 0 aliphatic rings. The van der Waals surface area contributed by atoms with Gasteiger partial charge in [0.05, 0.1) is 17.2 Å². The summed E-state index contributed by atoms with van der Waals surface area (Å²) >= 11 is 5.21. The largest absolute Gasteiger partial charge is 0.331 e. The fraction of sp³-hybridized carbons (Fsp3) is 0.200. The predicted octanol–water partition coefficient (Wildman–Crippen LogP) is 2.42. The van der Waals surface area contributed by atoms with E-state index in [-0.39, 0.29) is 29.5 Å². The highest BCUT2D eigenvalue weighted by Crippen LogP contribution is 2.17. The molecule has 3 N–H and O–H groups in total. The second-order valence-electron chi connectivity index (χ2n) is 6.39. The van der Waals surface area contributed by atoms with Crippen molar-refractivity contribution in [2.75, 3.05) is 5.32 Å². The van der Waals surface area contributed by atoms with Gasteiger partial charge in [0, 0.05) is 18.7 Å². The maximum Gasteiger partial charge on any atom is 0.261 e. The van der Waals surface area contributed by atoms with E-state index in [1.54, 1.807) is 18.2 Å². The van der Waals surface area contributed by atoms with Crippen LogP contribution in [0.4, 0.5) is 5.69 Å². The number of fused-ring (bicyclic) bond motifs is 1. The van der Waals surface area contributed by atoms with Gasteiger partial charge in [0.15, 0.2) is 5.11 Å². The molecule has 3 aromatic rings. The smallest absolute Gasteiger partial charge is 0.261 e. The Labute approximate surface area is 167 Å². The van der Waals surface area contributed by atoms with Crippen molar-refractivity contribution in [2.45, 2.75) is 26.8 Å². The van der Waals surface area contributed by atoms with Gasteiger partial charge in [0.1, 0.15) is 0 Å². The number of nitrogens with one attached hydrogen (secondary N) is 3. The number of carbonyl (C=O) groups excluding carboxylic acids is 1. The molecule has 0 aliphatic carbocycles. The van der Waals surface area contributed by atoms with E-state index in [2.05, 4.69) is 21.2 Å². The van der Waals surface area contributed by atoms with Crippen LogP contribution < -0.4 is 21.7 Å². The van der Waals surface area contributed by atoms with E-state index in [1.807, 2.05) is 38.1 Å². The lowest BCUT2D eigenvalue weighted by Crippen LogP contribution is -2.44. The van der Waals surface area contributed by atoms with E-state index >= 15 is 0 Å². The van der Waals surface area contributed by atoms with E-state index in [1.165, 1.54) is 10.9 Å². The van der Waals surface area contributed by atoms with Crippen LogP contribution in [0.25, 0.3) is 10.9 Å². The van der Waals surface area contributed by atoms with Crippen LogP contribution >= 0.6 is 12.2 Å². The second-order valence-corrected chi connectivity index (χ2v) is 6.79. The molecule has 0 atom stereocenters. The number of aryl methyl sites for hydroxylation is 2. The molecule has 1 amide bonds. The molecular formula is C20H21N5O2S. The molecule has 0 aliphatic heterocycles. The first-order chi connectivity index (χ1) is 13.5. The minimum atomic E-state index is -0.287. The minimum absolute atomic E-state index is 0.110. The van der Waals surface area contributed by atoms with Gasteiger partial charge < -0.3 is 5.32 Å². The van der Waals surface area contributed by atoms with E-state index in [9.17, 15) is 9.59 Å². The monoisotopic (exact) mass is 395 g/mol. The molecule has 0 unspecified atom stereocenters. The number of nitrogens with zero attached hydrogens (tertiary/aromatic N) is 2. The van der Waals surface area contributed by atoms with Crippen LogP contribution in [0, 0.1) is 13.8 Å². The Morgan fingerprint density at radius 1 is 1.11 bits per heavy atom. The summed E-state index contributed by atoms with van der Waals surface area (Å²) in [6.45, 7) is 4.23. The van der Waals surface area contributed by atoms with Crippen molar-refractivity contribution in [3.63, 3.8) is 0 Å². The van der Waals surface area contributed by atoms with Crippen molar-refractivity contribution in [1.82, 2.24) is 20.4 Å². The molecule has 3 rings (SSSR count). The van der Waals surface area contributed by atoms with Gasteiger partial charge >= 0.3 is 0 Å². The quantitative estimate of drug-likeness (QED) is 0.465. The number of anilines is 1. The molecule has 1 aromatic heterocycles. The highest BCUT2D eigenvalue weighted by atomic mass is 32.1. The second kappa shape index (κ2) is 8.62. The van der Waals surface area contributed by atoms with Crippen LogP contribution in [0.1, 0.15) is 17.5 Å². The number of aromatic nitrogens is 2. The summed E-state index contributed by atoms with van der Waals surface area (Å²) in [5, 5.41) is 3.86. The number of para-hydroxylation sites is 1. The van der Waals surface area contributed by atoms with Crippen LogP contribution in [-0.2, 0) is 11.3 Å². The van der Waals surface area contributed by atoms with Crippen LogP contribution in [-0.4, -0.2) is 20.6 Å². The summed E-state index contributed by atoms with van der Waals surface area (Å²) in [7, 11) is 0. The first kappa shape index (κ1) is 19.5. The van der Waals surface area contributed by atoms with Crippen molar-refractivity contribution >= 4 is 39.8 Å². The summed E-state index contributed by atoms with van der Waals surface area (Å²) in [5.74, 6) is -0.287. The molecule has 1 heterocycles. The summed E-state index contributed by atoms with van der Waals surface area (Å²) in [4.78, 5) is 28.7. The van der Waals surface area contributed by atoms with Gasteiger partial charge in [-0.15, -0.1) is 0 Å². The first-order valence-electron chi connectivity index (χ1n) is 8.82.